The summed E-state index contributed by atoms with van der Waals surface area (Å²) >= 11 is 0. The van der Waals surface area contributed by atoms with E-state index in [2.05, 4.69) is 11.1 Å². The number of benzene rings is 2. The zero-order valence-corrected chi connectivity index (χ0v) is 15.5. The van der Waals surface area contributed by atoms with Crippen molar-refractivity contribution in [3.63, 3.8) is 0 Å². The molecule has 3 rings (SSSR count). The van der Waals surface area contributed by atoms with Crippen LogP contribution in [-0.4, -0.2) is 14.7 Å². The van der Waals surface area contributed by atoms with Crippen LogP contribution in [0.5, 0.6) is 5.75 Å². The molecule has 2 atom stereocenters. The van der Waals surface area contributed by atoms with Crippen LogP contribution in [0.25, 0.3) is 0 Å². The Bertz CT molecular complexity index is 1070. The maximum Gasteiger partial charge on any atom is 0.295 e. The van der Waals surface area contributed by atoms with E-state index in [9.17, 15) is 15.2 Å². The monoisotopic (exact) mass is 359 g/mol. The van der Waals surface area contributed by atoms with Crippen molar-refractivity contribution in [2.45, 2.75) is 25.7 Å². The van der Waals surface area contributed by atoms with Gasteiger partial charge in [0.05, 0.1) is 17.3 Å². The van der Waals surface area contributed by atoms with Gasteiger partial charge >= 0.3 is 0 Å². The Morgan fingerprint density at radius 1 is 1.11 bits per heavy atom. The molecular formula is C22H21N3O2. The zero-order valence-electron chi connectivity index (χ0n) is 15.5. The summed E-state index contributed by atoms with van der Waals surface area (Å²) in [4.78, 5) is 16.8. The number of nitrogens with zero attached hydrogens (tertiary/aromatic N) is 3. The van der Waals surface area contributed by atoms with Gasteiger partial charge in [0.15, 0.2) is 0 Å². The Labute approximate surface area is 158 Å². The molecule has 3 aromatic rings. The maximum atomic E-state index is 12.4. The van der Waals surface area contributed by atoms with E-state index in [4.69, 9.17) is 0 Å². The number of rotatable bonds is 4. The predicted molar refractivity (Wildman–Crippen MR) is 104 cm³/mol. The van der Waals surface area contributed by atoms with E-state index in [1.54, 1.807) is 20.0 Å². The van der Waals surface area contributed by atoms with Gasteiger partial charge in [0.1, 0.15) is 5.82 Å². The van der Waals surface area contributed by atoms with Crippen LogP contribution in [0.1, 0.15) is 47.0 Å². The van der Waals surface area contributed by atoms with Crippen LogP contribution < -0.4 is 5.56 Å². The Balaban J connectivity index is 2.24. The van der Waals surface area contributed by atoms with Crippen LogP contribution in [0.2, 0.25) is 0 Å². The van der Waals surface area contributed by atoms with Crippen molar-refractivity contribution < 1.29 is 5.11 Å². The molecule has 5 nitrogen and oxygen atoms in total. The summed E-state index contributed by atoms with van der Waals surface area (Å²) in [5.41, 5.74) is 2.36. The average Bonchev–Trinajstić information content (AvgIpc) is 2.70. The van der Waals surface area contributed by atoms with Crippen LogP contribution in [0.15, 0.2) is 59.4 Å². The highest BCUT2D eigenvalue weighted by Crippen LogP contribution is 2.38. The molecule has 1 aromatic heterocycles. The van der Waals surface area contributed by atoms with Gasteiger partial charge in [-0.2, -0.15) is 5.26 Å². The lowest BCUT2D eigenvalue weighted by atomic mass is 9.79. The highest BCUT2D eigenvalue weighted by atomic mass is 16.3. The van der Waals surface area contributed by atoms with Crippen LogP contribution >= 0.6 is 0 Å². The number of hydrogen-bond acceptors (Lipinski definition) is 4. The first-order chi connectivity index (χ1) is 13.0. The van der Waals surface area contributed by atoms with Crippen molar-refractivity contribution in [2.75, 3.05) is 0 Å². The summed E-state index contributed by atoms with van der Waals surface area (Å²) in [5, 5.41) is 19.5. The molecule has 0 aliphatic carbocycles. The molecule has 2 aromatic carbocycles. The second kappa shape index (κ2) is 7.46. The third-order valence-corrected chi connectivity index (χ3v) is 4.96. The summed E-state index contributed by atoms with van der Waals surface area (Å²) in [7, 11) is 1.61. The van der Waals surface area contributed by atoms with Crippen molar-refractivity contribution in [3.05, 3.63) is 93.2 Å². The van der Waals surface area contributed by atoms with Gasteiger partial charge in [0.2, 0.25) is 5.75 Å². The molecule has 0 spiro atoms. The highest BCUT2D eigenvalue weighted by Gasteiger charge is 2.28. The number of aromatic hydroxyl groups is 1. The van der Waals surface area contributed by atoms with E-state index < -0.39 is 5.56 Å². The molecule has 0 saturated heterocycles. The summed E-state index contributed by atoms with van der Waals surface area (Å²) in [6, 6.07) is 19.6. The minimum absolute atomic E-state index is 0.163. The quantitative estimate of drug-likeness (QED) is 0.772. The number of hydrogen-bond donors (Lipinski definition) is 1. The molecule has 1 N–H and O–H groups in total. The minimum atomic E-state index is -0.468. The van der Waals surface area contributed by atoms with E-state index in [0.717, 1.165) is 11.1 Å². The average molecular weight is 359 g/mol. The van der Waals surface area contributed by atoms with E-state index >= 15 is 0 Å². The van der Waals surface area contributed by atoms with E-state index in [1.165, 1.54) is 4.57 Å². The summed E-state index contributed by atoms with van der Waals surface area (Å²) in [6.45, 7) is 3.61. The van der Waals surface area contributed by atoms with E-state index in [0.29, 0.717) is 17.1 Å². The lowest BCUT2D eigenvalue weighted by Gasteiger charge is -2.27. The third kappa shape index (κ3) is 3.34. The SMILES string of the molecule is Cc1nc(C(C)C(c2ccccc2)c2ccccc2C#N)n(C)c(=O)c1O. The normalized spacial score (nSPS) is 13.0. The fourth-order valence-corrected chi connectivity index (χ4v) is 3.54. The Hall–Kier alpha value is -3.39. The summed E-state index contributed by atoms with van der Waals surface area (Å²) < 4.78 is 1.39. The van der Waals surface area contributed by atoms with Gasteiger partial charge in [0.25, 0.3) is 5.56 Å². The minimum Gasteiger partial charge on any atom is -0.502 e. The van der Waals surface area contributed by atoms with Crippen molar-refractivity contribution in [3.8, 4) is 11.8 Å². The molecule has 0 fully saturated rings. The van der Waals surface area contributed by atoms with E-state index in [-0.39, 0.29) is 17.6 Å². The molecule has 0 amide bonds. The van der Waals surface area contributed by atoms with E-state index in [1.807, 2.05) is 55.5 Å². The van der Waals surface area contributed by atoms with Crippen LogP contribution in [-0.2, 0) is 7.05 Å². The molecule has 2 unspecified atom stereocenters. The molecular weight excluding hydrogens is 338 g/mol. The summed E-state index contributed by atoms with van der Waals surface area (Å²) in [6.07, 6.45) is 0. The molecule has 0 radical (unpaired) electrons. The number of nitriles is 1. The van der Waals surface area contributed by atoms with Gasteiger partial charge in [-0.15, -0.1) is 0 Å². The second-order valence-corrected chi connectivity index (χ2v) is 6.64. The first kappa shape index (κ1) is 18.4. The molecule has 0 bridgehead atoms. The molecule has 0 saturated carbocycles. The largest absolute Gasteiger partial charge is 0.502 e. The van der Waals surface area contributed by atoms with Gasteiger partial charge in [-0.3, -0.25) is 9.36 Å². The van der Waals surface area contributed by atoms with Gasteiger partial charge in [-0.1, -0.05) is 55.5 Å². The van der Waals surface area contributed by atoms with Crippen LogP contribution in [0, 0.1) is 18.3 Å². The van der Waals surface area contributed by atoms with Gasteiger partial charge in [-0.05, 0) is 24.1 Å². The zero-order chi connectivity index (χ0) is 19.6. The maximum absolute atomic E-state index is 12.4. The number of aromatic nitrogens is 2. The molecule has 0 aliphatic rings. The van der Waals surface area contributed by atoms with Crippen LogP contribution in [0.3, 0.4) is 0 Å². The van der Waals surface area contributed by atoms with Gasteiger partial charge in [-0.25, -0.2) is 4.98 Å². The lowest BCUT2D eigenvalue weighted by molar-refractivity contribution is 0.442. The van der Waals surface area contributed by atoms with Crippen LogP contribution in [0.4, 0.5) is 0 Å². The first-order valence-corrected chi connectivity index (χ1v) is 8.76. The molecule has 0 aliphatic heterocycles. The van der Waals surface area contributed by atoms with Crippen molar-refractivity contribution in [1.82, 2.24) is 9.55 Å². The van der Waals surface area contributed by atoms with Crippen molar-refractivity contribution >= 4 is 0 Å². The molecule has 27 heavy (non-hydrogen) atoms. The van der Waals surface area contributed by atoms with Crippen molar-refractivity contribution in [2.24, 2.45) is 7.05 Å². The fourth-order valence-electron chi connectivity index (χ4n) is 3.54. The van der Waals surface area contributed by atoms with Crippen molar-refractivity contribution in [1.29, 1.82) is 5.26 Å². The predicted octanol–water partition coefficient (Wildman–Crippen LogP) is 3.60. The molecule has 136 valence electrons. The smallest absolute Gasteiger partial charge is 0.295 e. The second-order valence-electron chi connectivity index (χ2n) is 6.64. The Morgan fingerprint density at radius 3 is 2.41 bits per heavy atom. The molecule has 1 heterocycles. The van der Waals surface area contributed by atoms with Gasteiger partial charge < -0.3 is 5.11 Å². The molecule has 5 heteroatoms. The third-order valence-electron chi connectivity index (χ3n) is 4.96. The Morgan fingerprint density at radius 2 is 1.74 bits per heavy atom. The number of aryl methyl sites for hydroxylation is 1. The topological polar surface area (TPSA) is 78.9 Å². The summed E-state index contributed by atoms with van der Waals surface area (Å²) in [5.74, 6) is -0.123. The fraction of sp³-hybridized carbons (Fsp3) is 0.227. The lowest BCUT2D eigenvalue weighted by Crippen LogP contribution is -2.26. The van der Waals surface area contributed by atoms with Gasteiger partial charge in [0, 0.05) is 18.9 Å². The standard InChI is InChI=1S/C22H21N3O2/c1-14(21-24-15(2)20(26)22(27)25(21)3)19(16-9-5-4-6-10-16)18-12-8-7-11-17(18)13-23/h4-12,14,19,26H,1-3H3. The highest BCUT2D eigenvalue weighted by molar-refractivity contribution is 5.46. The Kier molecular flexibility index (Phi) is 5.09. The first-order valence-electron chi connectivity index (χ1n) is 8.76.